The molecule has 0 fully saturated rings. The number of hydrogen-bond acceptors (Lipinski definition) is 2. The van der Waals surface area contributed by atoms with Crippen LogP contribution in [0.25, 0.3) is 0 Å². The van der Waals surface area contributed by atoms with E-state index in [0.29, 0.717) is 0 Å². The Morgan fingerprint density at radius 2 is 1.65 bits per heavy atom. The van der Waals surface area contributed by atoms with Gasteiger partial charge in [-0.15, -0.1) is 0 Å². The number of aryl methyl sites for hydroxylation is 2. The molecule has 1 atom stereocenters. The largest absolute Gasteiger partial charge is 0.496 e. The van der Waals surface area contributed by atoms with E-state index in [-0.39, 0.29) is 5.82 Å². The second-order valence-corrected chi connectivity index (χ2v) is 5.11. The van der Waals surface area contributed by atoms with Crippen molar-refractivity contribution in [1.29, 1.82) is 0 Å². The molecular formula is C17H20FNO. The molecule has 0 heterocycles. The number of nitrogens with two attached hydrogens (primary N) is 1. The maximum Gasteiger partial charge on any atom is 0.127 e. The third-order valence-corrected chi connectivity index (χ3v) is 3.82. The molecule has 0 aliphatic carbocycles. The van der Waals surface area contributed by atoms with E-state index >= 15 is 0 Å². The van der Waals surface area contributed by atoms with Gasteiger partial charge in [-0.05, 0) is 55.2 Å². The SMILES string of the molecule is COc1c(C(N)c2cc(F)ccc2C)ccc(C)c1C. The summed E-state index contributed by atoms with van der Waals surface area (Å²) in [5, 5.41) is 0. The average molecular weight is 273 g/mol. The average Bonchev–Trinajstić information content (AvgIpc) is 2.43. The summed E-state index contributed by atoms with van der Waals surface area (Å²) in [7, 11) is 1.64. The van der Waals surface area contributed by atoms with Crippen LogP contribution in [0.3, 0.4) is 0 Å². The second-order valence-electron chi connectivity index (χ2n) is 5.11. The molecule has 3 heteroatoms. The molecule has 2 rings (SSSR count). The maximum absolute atomic E-state index is 13.5. The minimum Gasteiger partial charge on any atom is -0.496 e. The highest BCUT2D eigenvalue weighted by molar-refractivity contribution is 5.50. The van der Waals surface area contributed by atoms with Gasteiger partial charge >= 0.3 is 0 Å². The third kappa shape index (κ3) is 2.54. The molecule has 2 aromatic carbocycles. The van der Waals surface area contributed by atoms with Gasteiger partial charge in [0.05, 0.1) is 13.2 Å². The lowest BCUT2D eigenvalue weighted by Gasteiger charge is -2.20. The van der Waals surface area contributed by atoms with E-state index in [9.17, 15) is 4.39 Å². The number of hydrogen-bond donors (Lipinski definition) is 1. The lowest BCUT2D eigenvalue weighted by molar-refractivity contribution is 0.404. The van der Waals surface area contributed by atoms with Crippen molar-refractivity contribution < 1.29 is 9.13 Å². The summed E-state index contributed by atoms with van der Waals surface area (Å²) in [5.74, 6) is 0.505. The first kappa shape index (κ1) is 14.5. The van der Waals surface area contributed by atoms with E-state index in [0.717, 1.165) is 33.6 Å². The molecule has 0 amide bonds. The first-order chi connectivity index (χ1) is 9.45. The second kappa shape index (κ2) is 5.63. The summed E-state index contributed by atoms with van der Waals surface area (Å²) in [5.41, 5.74) is 11.2. The van der Waals surface area contributed by atoms with Gasteiger partial charge in [0.1, 0.15) is 11.6 Å². The number of rotatable bonds is 3. The van der Waals surface area contributed by atoms with Crippen LogP contribution in [0.1, 0.15) is 33.9 Å². The van der Waals surface area contributed by atoms with Crippen molar-refractivity contribution in [2.75, 3.05) is 7.11 Å². The molecule has 0 saturated heterocycles. The summed E-state index contributed by atoms with van der Waals surface area (Å²) in [6.45, 7) is 5.96. The Morgan fingerprint density at radius 3 is 2.30 bits per heavy atom. The van der Waals surface area contributed by atoms with Gasteiger partial charge in [0.2, 0.25) is 0 Å². The fourth-order valence-electron chi connectivity index (χ4n) is 2.44. The lowest BCUT2D eigenvalue weighted by Crippen LogP contribution is -2.15. The van der Waals surface area contributed by atoms with Crippen molar-refractivity contribution >= 4 is 0 Å². The number of benzene rings is 2. The van der Waals surface area contributed by atoms with Crippen molar-refractivity contribution in [3.05, 3.63) is 64.0 Å². The number of methoxy groups -OCH3 is 1. The van der Waals surface area contributed by atoms with Crippen LogP contribution >= 0.6 is 0 Å². The molecule has 0 spiro atoms. The Hall–Kier alpha value is -1.87. The van der Waals surface area contributed by atoms with E-state index in [1.165, 1.54) is 12.1 Å². The molecule has 2 aromatic rings. The molecule has 0 aromatic heterocycles. The Bertz CT molecular complexity index is 637. The molecule has 1 unspecified atom stereocenters. The standard InChI is InChI=1S/C17H20FNO/c1-10-6-8-14(17(20-4)12(10)3)16(19)15-9-13(18)7-5-11(15)2/h5-9,16H,19H2,1-4H3. The van der Waals surface area contributed by atoms with E-state index in [2.05, 4.69) is 0 Å². The zero-order valence-corrected chi connectivity index (χ0v) is 12.3. The van der Waals surface area contributed by atoms with Crippen molar-refractivity contribution in [2.45, 2.75) is 26.8 Å². The maximum atomic E-state index is 13.5. The number of halogens is 1. The van der Waals surface area contributed by atoms with Crippen LogP contribution in [0.5, 0.6) is 5.75 Å². The van der Waals surface area contributed by atoms with Gasteiger partial charge in [-0.1, -0.05) is 18.2 Å². The zero-order valence-electron chi connectivity index (χ0n) is 12.3. The van der Waals surface area contributed by atoms with Gasteiger partial charge in [0.25, 0.3) is 0 Å². The molecule has 106 valence electrons. The summed E-state index contributed by atoms with van der Waals surface area (Å²) in [6, 6.07) is 8.26. The molecule has 0 bridgehead atoms. The van der Waals surface area contributed by atoms with Crippen LogP contribution < -0.4 is 10.5 Å². The van der Waals surface area contributed by atoms with Crippen LogP contribution in [0.15, 0.2) is 30.3 Å². The van der Waals surface area contributed by atoms with Gasteiger partial charge in [0.15, 0.2) is 0 Å². The highest BCUT2D eigenvalue weighted by Gasteiger charge is 2.18. The van der Waals surface area contributed by atoms with E-state index in [4.69, 9.17) is 10.5 Å². The van der Waals surface area contributed by atoms with Crippen molar-refractivity contribution in [3.63, 3.8) is 0 Å². The molecule has 2 N–H and O–H groups in total. The molecular weight excluding hydrogens is 253 g/mol. The molecule has 0 aliphatic heterocycles. The Balaban J connectivity index is 2.56. The minimum absolute atomic E-state index is 0.274. The molecule has 0 aliphatic rings. The van der Waals surface area contributed by atoms with Crippen molar-refractivity contribution in [2.24, 2.45) is 5.73 Å². The van der Waals surface area contributed by atoms with Crippen LogP contribution in [-0.2, 0) is 0 Å². The zero-order chi connectivity index (χ0) is 14.9. The summed E-state index contributed by atoms with van der Waals surface area (Å²) in [4.78, 5) is 0. The number of ether oxygens (including phenoxy) is 1. The normalized spacial score (nSPS) is 12.3. The Labute approximate surface area is 119 Å². The molecule has 0 radical (unpaired) electrons. The Kier molecular flexibility index (Phi) is 4.09. The third-order valence-electron chi connectivity index (χ3n) is 3.82. The van der Waals surface area contributed by atoms with Crippen LogP contribution in [0.2, 0.25) is 0 Å². The topological polar surface area (TPSA) is 35.2 Å². The molecule has 2 nitrogen and oxygen atoms in total. The minimum atomic E-state index is -0.403. The summed E-state index contributed by atoms with van der Waals surface area (Å²) < 4.78 is 19.0. The monoisotopic (exact) mass is 273 g/mol. The van der Waals surface area contributed by atoms with Crippen molar-refractivity contribution in [3.8, 4) is 5.75 Å². The predicted octanol–water partition coefficient (Wildman–Crippen LogP) is 3.81. The smallest absolute Gasteiger partial charge is 0.127 e. The summed E-state index contributed by atoms with van der Waals surface area (Å²) >= 11 is 0. The van der Waals surface area contributed by atoms with E-state index in [1.807, 2.05) is 32.9 Å². The summed E-state index contributed by atoms with van der Waals surface area (Å²) in [6.07, 6.45) is 0. The van der Waals surface area contributed by atoms with Gasteiger partial charge in [-0.2, -0.15) is 0 Å². The van der Waals surface area contributed by atoms with Gasteiger partial charge < -0.3 is 10.5 Å². The van der Waals surface area contributed by atoms with Gasteiger partial charge in [-0.25, -0.2) is 4.39 Å². The van der Waals surface area contributed by atoms with Crippen LogP contribution in [-0.4, -0.2) is 7.11 Å². The highest BCUT2D eigenvalue weighted by Crippen LogP contribution is 2.34. The predicted molar refractivity (Wildman–Crippen MR) is 79.6 cm³/mol. The first-order valence-corrected chi connectivity index (χ1v) is 6.61. The lowest BCUT2D eigenvalue weighted by atomic mass is 9.92. The Morgan fingerprint density at radius 1 is 1.00 bits per heavy atom. The van der Waals surface area contributed by atoms with Crippen LogP contribution in [0, 0.1) is 26.6 Å². The van der Waals surface area contributed by atoms with Crippen LogP contribution in [0.4, 0.5) is 4.39 Å². The first-order valence-electron chi connectivity index (χ1n) is 6.61. The fourth-order valence-corrected chi connectivity index (χ4v) is 2.44. The van der Waals surface area contributed by atoms with Gasteiger partial charge in [0, 0.05) is 5.56 Å². The molecule has 20 heavy (non-hydrogen) atoms. The van der Waals surface area contributed by atoms with Crippen molar-refractivity contribution in [1.82, 2.24) is 0 Å². The van der Waals surface area contributed by atoms with Gasteiger partial charge in [-0.3, -0.25) is 0 Å². The quantitative estimate of drug-likeness (QED) is 0.923. The van der Waals surface area contributed by atoms with E-state index < -0.39 is 6.04 Å². The molecule has 0 saturated carbocycles. The highest BCUT2D eigenvalue weighted by atomic mass is 19.1. The van der Waals surface area contributed by atoms with E-state index in [1.54, 1.807) is 13.2 Å². The fraction of sp³-hybridized carbons (Fsp3) is 0.294.